The molecular formula is C17H24N4O4S. The van der Waals surface area contributed by atoms with E-state index >= 15 is 0 Å². The van der Waals surface area contributed by atoms with Crippen molar-refractivity contribution in [1.29, 1.82) is 0 Å². The third kappa shape index (κ3) is 5.37. The van der Waals surface area contributed by atoms with E-state index in [9.17, 15) is 13.2 Å². The van der Waals surface area contributed by atoms with Gasteiger partial charge < -0.3 is 9.84 Å². The fourth-order valence-corrected chi connectivity index (χ4v) is 3.75. The Morgan fingerprint density at radius 1 is 1.27 bits per heavy atom. The lowest BCUT2D eigenvalue weighted by Crippen LogP contribution is -2.38. The SMILES string of the molecule is Cc1noc(-c2ccc(C(=O)NCCCN(C(C)C)S(C)(=O)=O)cc2)n1. The molecule has 0 saturated heterocycles. The summed E-state index contributed by atoms with van der Waals surface area (Å²) in [5.41, 5.74) is 1.25. The Balaban J connectivity index is 1.86. The van der Waals surface area contributed by atoms with Crippen LogP contribution < -0.4 is 5.32 Å². The molecule has 26 heavy (non-hydrogen) atoms. The highest BCUT2D eigenvalue weighted by Crippen LogP contribution is 2.17. The summed E-state index contributed by atoms with van der Waals surface area (Å²) in [6, 6.07) is 6.74. The zero-order valence-corrected chi connectivity index (χ0v) is 16.2. The largest absolute Gasteiger partial charge is 0.352 e. The average Bonchev–Trinajstić information content (AvgIpc) is 2.99. The van der Waals surface area contributed by atoms with Crippen molar-refractivity contribution in [3.63, 3.8) is 0 Å². The molecule has 142 valence electrons. The predicted octanol–water partition coefficient (Wildman–Crippen LogP) is 1.83. The van der Waals surface area contributed by atoms with Gasteiger partial charge in [-0.15, -0.1) is 0 Å². The first-order valence-electron chi connectivity index (χ1n) is 8.34. The van der Waals surface area contributed by atoms with Crippen molar-refractivity contribution in [2.24, 2.45) is 0 Å². The molecule has 2 rings (SSSR count). The minimum atomic E-state index is -3.25. The van der Waals surface area contributed by atoms with Crippen molar-refractivity contribution in [3.05, 3.63) is 35.7 Å². The zero-order valence-electron chi connectivity index (χ0n) is 15.4. The first-order chi connectivity index (χ1) is 12.2. The van der Waals surface area contributed by atoms with Crippen LogP contribution in [0.4, 0.5) is 0 Å². The summed E-state index contributed by atoms with van der Waals surface area (Å²) in [6.45, 7) is 6.14. The van der Waals surface area contributed by atoms with Crippen LogP contribution in [0.15, 0.2) is 28.8 Å². The van der Waals surface area contributed by atoms with Gasteiger partial charge in [-0.2, -0.15) is 9.29 Å². The third-order valence-corrected chi connectivity index (χ3v) is 5.22. The molecule has 9 heteroatoms. The van der Waals surface area contributed by atoms with Gasteiger partial charge >= 0.3 is 0 Å². The second kappa shape index (κ2) is 8.41. The Bertz CT molecular complexity index is 844. The highest BCUT2D eigenvalue weighted by molar-refractivity contribution is 7.88. The molecule has 1 N–H and O–H groups in total. The monoisotopic (exact) mass is 380 g/mol. The summed E-state index contributed by atoms with van der Waals surface area (Å²) in [5.74, 6) is 0.740. The number of hydrogen-bond donors (Lipinski definition) is 1. The second-order valence-electron chi connectivity index (χ2n) is 6.30. The van der Waals surface area contributed by atoms with Gasteiger partial charge in [-0.25, -0.2) is 8.42 Å². The number of amides is 1. The van der Waals surface area contributed by atoms with E-state index in [1.54, 1.807) is 31.2 Å². The van der Waals surface area contributed by atoms with Crippen molar-refractivity contribution in [3.8, 4) is 11.5 Å². The fraction of sp³-hybridized carbons (Fsp3) is 0.471. The molecule has 0 aliphatic rings. The molecule has 0 unspecified atom stereocenters. The minimum Gasteiger partial charge on any atom is -0.352 e. The third-order valence-electron chi connectivity index (χ3n) is 3.76. The molecular weight excluding hydrogens is 356 g/mol. The first-order valence-corrected chi connectivity index (χ1v) is 10.2. The van der Waals surface area contributed by atoms with Crippen molar-refractivity contribution in [2.75, 3.05) is 19.3 Å². The molecule has 0 saturated carbocycles. The molecule has 0 spiro atoms. The maximum absolute atomic E-state index is 12.2. The number of carbonyl (C=O) groups is 1. The molecule has 1 heterocycles. The Morgan fingerprint density at radius 3 is 2.42 bits per heavy atom. The average molecular weight is 380 g/mol. The summed E-state index contributed by atoms with van der Waals surface area (Å²) in [5, 5.41) is 6.53. The summed E-state index contributed by atoms with van der Waals surface area (Å²) >= 11 is 0. The van der Waals surface area contributed by atoms with Crippen LogP contribution in [0.3, 0.4) is 0 Å². The molecule has 0 radical (unpaired) electrons. The van der Waals surface area contributed by atoms with Crippen molar-refractivity contribution in [1.82, 2.24) is 19.8 Å². The van der Waals surface area contributed by atoms with Crippen molar-refractivity contribution >= 4 is 15.9 Å². The van der Waals surface area contributed by atoms with Gasteiger partial charge in [0.2, 0.25) is 10.0 Å². The van der Waals surface area contributed by atoms with Crippen LogP contribution in [0.1, 0.15) is 36.5 Å². The Kier molecular flexibility index (Phi) is 6.49. The van der Waals surface area contributed by atoms with Gasteiger partial charge in [0.25, 0.3) is 11.8 Å². The molecule has 1 aromatic heterocycles. The smallest absolute Gasteiger partial charge is 0.257 e. The number of aryl methyl sites for hydroxylation is 1. The number of nitrogens with zero attached hydrogens (tertiary/aromatic N) is 3. The zero-order chi connectivity index (χ0) is 19.3. The molecule has 0 fully saturated rings. The number of nitrogens with one attached hydrogen (secondary N) is 1. The van der Waals surface area contributed by atoms with E-state index in [4.69, 9.17) is 4.52 Å². The molecule has 0 aliphatic carbocycles. The van der Waals surface area contributed by atoms with Gasteiger partial charge in [0.15, 0.2) is 5.82 Å². The number of carbonyl (C=O) groups excluding carboxylic acids is 1. The summed E-state index contributed by atoms with van der Waals surface area (Å²) in [6.07, 6.45) is 1.73. The molecule has 1 aromatic carbocycles. The lowest BCUT2D eigenvalue weighted by atomic mass is 10.1. The van der Waals surface area contributed by atoms with Crippen LogP contribution in [0.5, 0.6) is 0 Å². The van der Waals surface area contributed by atoms with E-state index in [2.05, 4.69) is 15.5 Å². The molecule has 8 nitrogen and oxygen atoms in total. The molecule has 1 amide bonds. The maximum atomic E-state index is 12.2. The highest BCUT2D eigenvalue weighted by atomic mass is 32.2. The van der Waals surface area contributed by atoms with Crippen molar-refractivity contribution < 1.29 is 17.7 Å². The van der Waals surface area contributed by atoms with Gasteiger partial charge in [0, 0.05) is 30.3 Å². The molecule has 0 aliphatic heterocycles. The lowest BCUT2D eigenvalue weighted by molar-refractivity contribution is 0.0952. The van der Waals surface area contributed by atoms with E-state index in [0.29, 0.717) is 36.8 Å². The van der Waals surface area contributed by atoms with Gasteiger partial charge in [0.1, 0.15) is 0 Å². The number of sulfonamides is 1. The van der Waals surface area contributed by atoms with Crippen LogP contribution in [-0.2, 0) is 10.0 Å². The van der Waals surface area contributed by atoms with Crippen LogP contribution in [0.25, 0.3) is 11.5 Å². The van der Waals surface area contributed by atoms with Crippen LogP contribution >= 0.6 is 0 Å². The van der Waals surface area contributed by atoms with E-state index in [-0.39, 0.29) is 11.9 Å². The molecule has 0 bridgehead atoms. The van der Waals surface area contributed by atoms with Gasteiger partial charge in [0.05, 0.1) is 6.26 Å². The Hall–Kier alpha value is -2.26. The number of hydrogen-bond acceptors (Lipinski definition) is 6. The van der Waals surface area contributed by atoms with Gasteiger partial charge in [-0.1, -0.05) is 5.16 Å². The van der Waals surface area contributed by atoms with Crippen LogP contribution in [0, 0.1) is 6.92 Å². The van der Waals surface area contributed by atoms with Crippen molar-refractivity contribution in [2.45, 2.75) is 33.2 Å². The maximum Gasteiger partial charge on any atom is 0.257 e. The van der Waals surface area contributed by atoms with E-state index < -0.39 is 10.0 Å². The topological polar surface area (TPSA) is 105 Å². The number of benzene rings is 1. The van der Waals surface area contributed by atoms with Crippen LogP contribution in [0.2, 0.25) is 0 Å². The number of rotatable bonds is 8. The molecule has 2 aromatic rings. The van der Waals surface area contributed by atoms with E-state index in [1.165, 1.54) is 10.6 Å². The fourth-order valence-electron chi connectivity index (χ4n) is 2.52. The van der Waals surface area contributed by atoms with E-state index in [0.717, 1.165) is 5.56 Å². The summed E-state index contributed by atoms with van der Waals surface area (Å²) in [4.78, 5) is 16.3. The minimum absolute atomic E-state index is 0.110. The Morgan fingerprint density at radius 2 is 1.92 bits per heavy atom. The van der Waals surface area contributed by atoms with Gasteiger partial charge in [-0.05, 0) is 51.5 Å². The Labute approximate surface area is 153 Å². The van der Waals surface area contributed by atoms with Crippen LogP contribution in [-0.4, -0.2) is 54.2 Å². The van der Waals surface area contributed by atoms with E-state index in [1.807, 2.05) is 13.8 Å². The number of aromatic nitrogens is 2. The summed E-state index contributed by atoms with van der Waals surface area (Å²) < 4.78 is 29.9. The van der Waals surface area contributed by atoms with Gasteiger partial charge in [-0.3, -0.25) is 4.79 Å². The first kappa shape index (κ1) is 20.1. The predicted molar refractivity (Wildman–Crippen MR) is 98.1 cm³/mol. The standard InChI is InChI=1S/C17H24N4O4S/c1-12(2)21(26(4,23)24)11-5-10-18-16(22)14-6-8-15(9-7-14)17-19-13(3)20-25-17/h6-9,12H,5,10-11H2,1-4H3,(H,18,22). The molecule has 0 atom stereocenters. The summed E-state index contributed by atoms with van der Waals surface area (Å²) in [7, 11) is -3.25. The lowest BCUT2D eigenvalue weighted by Gasteiger charge is -2.23. The normalized spacial score (nSPS) is 11.9. The highest BCUT2D eigenvalue weighted by Gasteiger charge is 2.19. The quantitative estimate of drug-likeness (QED) is 0.701. The second-order valence-corrected chi connectivity index (χ2v) is 8.24.